The van der Waals surface area contributed by atoms with E-state index in [9.17, 15) is 4.79 Å². The van der Waals surface area contributed by atoms with Gasteiger partial charge in [-0.05, 0) is 49.2 Å². The minimum atomic E-state index is -0.0146. The van der Waals surface area contributed by atoms with Gasteiger partial charge < -0.3 is 15.1 Å². The molecule has 0 saturated heterocycles. The second-order valence-corrected chi connectivity index (χ2v) is 7.12. The van der Waals surface area contributed by atoms with Crippen LogP contribution in [0.15, 0.2) is 42.5 Å². The molecule has 0 radical (unpaired) electrons. The Bertz CT molecular complexity index is 720. The number of carbonyl (C=O) groups excluding carboxylic acids is 1. The van der Waals surface area contributed by atoms with Gasteiger partial charge in [-0.25, -0.2) is 0 Å². The van der Waals surface area contributed by atoms with Crippen LogP contribution in [0.25, 0.3) is 0 Å². The van der Waals surface area contributed by atoms with Crippen molar-refractivity contribution in [1.29, 1.82) is 0 Å². The minimum absolute atomic E-state index is 0.0146. The second kappa shape index (κ2) is 8.17. The Morgan fingerprint density at radius 1 is 1.04 bits per heavy atom. The Kier molecular flexibility index (Phi) is 6.21. The predicted molar refractivity (Wildman–Crippen MR) is 105 cm³/mol. The molecular weight excluding hydrogens is 310 g/mol. The van der Waals surface area contributed by atoms with Crippen LogP contribution in [0.4, 0.5) is 5.69 Å². The summed E-state index contributed by atoms with van der Waals surface area (Å²) in [7, 11) is 8.31. The number of carbonyl (C=O) groups is 1. The lowest BCUT2D eigenvalue weighted by Crippen LogP contribution is -3.07. The van der Waals surface area contributed by atoms with E-state index in [0.29, 0.717) is 6.54 Å². The molecule has 134 valence electrons. The highest BCUT2D eigenvalue weighted by atomic mass is 16.1. The number of amides is 1. The van der Waals surface area contributed by atoms with E-state index in [2.05, 4.69) is 55.5 Å². The van der Waals surface area contributed by atoms with Gasteiger partial charge in [-0.2, -0.15) is 0 Å². The Morgan fingerprint density at radius 2 is 1.68 bits per heavy atom. The minimum Gasteiger partial charge on any atom is -0.378 e. The molecule has 0 fully saturated rings. The van der Waals surface area contributed by atoms with Crippen LogP contribution in [-0.4, -0.2) is 40.6 Å². The lowest BCUT2D eigenvalue weighted by molar-refractivity contribution is -0.890. The third-order valence-corrected chi connectivity index (χ3v) is 4.74. The van der Waals surface area contributed by atoms with E-state index in [1.54, 1.807) is 0 Å². The van der Waals surface area contributed by atoms with E-state index in [1.165, 1.54) is 21.7 Å². The average Bonchev–Trinajstić information content (AvgIpc) is 2.57. The molecule has 0 saturated carbocycles. The molecule has 0 unspecified atom stereocenters. The third-order valence-electron chi connectivity index (χ3n) is 4.74. The maximum Gasteiger partial charge on any atom is 0.251 e. The van der Waals surface area contributed by atoms with Crippen molar-refractivity contribution in [1.82, 2.24) is 5.32 Å². The van der Waals surface area contributed by atoms with Gasteiger partial charge in [0.1, 0.15) is 6.04 Å². The molecule has 0 aliphatic rings. The van der Waals surface area contributed by atoms with Crippen molar-refractivity contribution < 1.29 is 9.69 Å². The number of likely N-dealkylation sites (N-methyl/N-ethyl adjacent to an activating group) is 1. The monoisotopic (exact) mass is 340 g/mol. The van der Waals surface area contributed by atoms with Crippen molar-refractivity contribution in [2.75, 3.05) is 39.6 Å². The molecule has 4 heteroatoms. The molecule has 0 aliphatic heterocycles. The summed E-state index contributed by atoms with van der Waals surface area (Å²) in [4.78, 5) is 15.9. The van der Waals surface area contributed by atoms with Crippen LogP contribution >= 0.6 is 0 Å². The zero-order chi connectivity index (χ0) is 18.6. The average molecular weight is 340 g/mol. The summed E-state index contributed by atoms with van der Waals surface area (Å²) >= 11 is 0. The smallest absolute Gasteiger partial charge is 0.251 e. The van der Waals surface area contributed by atoms with Gasteiger partial charge in [-0.1, -0.05) is 18.2 Å². The van der Waals surface area contributed by atoms with Crippen LogP contribution in [0, 0.1) is 13.8 Å². The van der Waals surface area contributed by atoms with Gasteiger partial charge >= 0.3 is 0 Å². The fourth-order valence-electron chi connectivity index (χ4n) is 2.84. The van der Waals surface area contributed by atoms with Crippen LogP contribution in [0.3, 0.4) is 0 Å². The lowest BCUT2D eigenvalue weighted by atomic mass is 10.0. The van der Waals surface area contributed by atoms with Crippen molar-refractivity contribution in [3.05, 3.63) is 64.7 Å². The summed E-state index contributed by atoms with van der Waals surface area (Å²) < 4.78 is 0. The molecule has 4 nitrogen and oxygen atoms in total. The molecule has 2 aromatic carbocycles. The van der Waals surface area contributed by atoms with E-state index in [-0.39, 0.29) is 11.9 Å². The quantitative estimate of drug-likeness (QED) is 0.844. The Balaban J connectivity index is 2.08. The van der Waals surface area contributed by atoms with Gasteiger partial charge in [0.2, 0.25) is 0 Å². The Labute approximate surface area is 151 Å². The van der Waals surface area contributed by atoms with E-state index < -0.39 is 0 Å². The molecule has 2 rings (SSSR count). The molecule has 0 aromatic heterocycles. The fourth-order valence-corrected chi connectivity index (χ4v) is 2.84. The summed E-state index contributed by atoms with van der Waals surface area (Å²) in [5, 5.41) is 3.09. The predicted octanol–water partition coefficient (Wildman–Crippen LogP) is 1.99. The van der Waals surface area contributed by atoms with Gasteiger partial charge in [0.25, 0.3) is 5.91 Å². The number of quaternary nitrogens is 1. The maximum atomic E-state index is 12.5. The molecule has 0 aliphatic carbocycles. The summed E-state index contributed by atoms with van der Waals surface area (Å²) in [6.07, 6.45) is 0. The van der Waals surface area contributed by atoms with Crippen LogP contribution in [0.2, 0.25) is 0 Å². The number of hydrogen-bond acceptors (Lipinski definition) is 2. The van der Waals surface area contributed by atoms with Crippen LogP contribution in [0.1, 0.15) is 33.1 Å². The normalized spacial score (nSPS) is 12.1. The van der Waals surface area contributed by atoms with Crippen molar-refractivity contribution in [2.24, 2.45) is 0 Å². The summed E-state index contributed by atoms with van der Waals surface area (Å²) in [6.45, 7) is 4.69. The number of aryl methyl sites for hydroxylation is 2. The molecule has 25 heavy (non-hydrogen) atoms. The van der Waals surface area contributed by atoms with Gasteiger partial charge in [0.05, 0.1) is 20.6 Å². The van der Waals surface area contributed by atoms with E-state index in [1.807, 2.05) is 39.2 Å². The highest BCUT2D eigenvalue weighted by Crippen LogP contribution is 2.16. The first-order valence-electron chi connectivity index (χ1n) is 8.72. The molecule has 1 atom stereocenters. The third kappa shape index (κ3) is 4.83. The molecular formula is C21H30N3O+. The van der Waals surface area contributed by atoms with Crippen LogP contribution in [-0.2, 0) is 0 Å². The Morgan fingerprint density at radius 3 is 2.20 bits per heavy atom. The van der Waals surface area contributed by atoms with Crippen molar-refractivity contribution in [3.63, 3.8) is 0 Å². The molecule has 0 spiro atoms. The number of hydrogen-bond donors (Lipinski definition) is 2. The zero-order valence-corrected chi connectivity index (χ0v) is 16.2. The summed E-state index contributed by atoms with van der Waals surface area (Å²) in [5.41, 5.74) is 5.47. The van der Waals surface area contributed by atoms with Crippen molar-refractivity contribution in [2.45, 2.75) is 19.9 Å². The van der Waals surface area contributed by atoms with Crippen molar-refractivity contribution >= 4 is 11.6 Å². The van der Waals surface area contributed by atoms with Gasteiger partial charge in [0, 0.05) is 30.9 Å². The lowest BCUT2D eigenvalue weighted by Gasteiger charge is -2.23. The number of nitrogens with zero attached hydrogens (tertiary/aromatic N) is 1. The zero-order valence-electron chi connectivity index (χ0n) is 16.2. The first-order valence-corrected chi connectivity index (χ1v) is 8.72. The standard InChI is InChI=1S/C21H29N3O/c1-15-7-8-18(13-16(15)2)21(25)22-14-20(24(5)6)17-9-11-19(12-10-17)23(3)4/h7-13,20H,14H2,1-6H3,(H,22,25)/p+1/t20-/m1/s1. The topological polar surface area (TPSA) is 36.8 Å². The second-order valence-electron chi connectivity index (χ2n) is 7.12. The Hall–Kier alpha value is -2.33. The summed E-state index contributed by atoms with van der Waals surface area (Å²) in [6, 6.07) is 14.6. The first-order chi connectivity index (χ1) is 11.8. The summed E-state index contributed by atoms with van der Waals surface area (Å²) in [5.74, 6) is -0.0146. The van der Waals surface area contributed by atoms with E-state index in [4.69, 9.17) is 0 Å². The van der Waals surface area contributed by atoms with Crippen LogP contribution < -0.4 is 15.1 Å². The highest BCUT2D eigenvalue weighted by molar-refractivity contribution is 5.94. The van der Waals surface area contributed by atoms with Gasteiger partial charge in [0.15, 0.2) is 0 Å². The maximum absolute atomic E-state index is 12.5. The van der Waals surface area contributed by atoms with Gasteiger partial charge in [-0.3, -0.25) is 4.79 Å². The number of nitrogens with one attached hydrogen (secondary N) is 2. The molecule has 0 heterocycles. The molecule has 0 bridgehead atoms. The number of rotatable bonds is 6. The number of benzene rings is 2. The van der Waals surface area contributed by atoms with Crippen LogP contribution in [0.5, 0.6) is 0 Å². The fraction of sp³-hybridized carbons (Fsp3) is 0.381. The SMILES string of the molecule is Cc1ccc(C(=O)NC[C@H](c2ccc(N(C)C)cc2)[NH+](C)C)cc1C. The molecule has 1 amide bonds. The van der Waals surface area contributed by atoms with Crippen molar-refractivity contribution in [3.8, 4) is 0 Å². The molecule has 2 N–H and O–H groups in total. The van der Waals surface area contributed by atoms with Gasteiger partial charge in [-0.15, -0.1) is 0 Å². The largest absolute Gasteiger partial charge is 0.378 e. The first kappa shape index (κ1) is 19.0. The number of anilines is 1. The van der Waals surface area contributed by atoms with E-state index in [0.717, 1.165) is 11.1 Å². The molecule has 2 aromatic rings. The highest BCUT2D eigenvalue weighted by Gasteiger charge is 2.19. The van der Waals surface area contributed by atoms with E-state index >= 15 is 0 Å².